The number of esters is 1. The molecule has 0 fully saturated rings. The number of nitrogens with one attached hydrogen (secondary N) is 1. The fourth-order valence-electron chi connectivity index (χ4n) is 3.23. The molecule has 1 heterocycles. The fraction of sp³-hybridized carbons (Fsp3) is 0.304. The molecule has 0 amide bonds. The number of sulfonamides is 1. The van der Waals surface area contributed by atoms with E-state index < -0.39 is 27.7 Å². The standard InChI is InChI=1S/C23H24ClNO6S/c1-4-6-15-11-22(26)30-20-13-21(18(24)12-17(15)20)31-23(27)19(5-2)25-32(28,29)16-9-7-14(3)8-10-16/h7-13,19,25H,4-6H2,1-3H3/t19-/m1/s1. The SMILES string of the molecule is CCCc1cc(=O)oc2cc(OC(=O)[C@@H](CC)NS(=O)(=O)c3ccc(C)cc3)c(Cl)cc12. The largest absolute Gasteiger partial charge is 0.424 e. The summed E-state index contributed by atoms with van der Waals surface area (Å²) in [5.41, 5.74) is 1.42. The van der Waals surface area contributed by atoms with Crippen LogP contribution in [0.5, 0.6) is 5.75 Å². The maximum absolute atomic E-state index is 12.7. The molecule has 1 aromatic heterocycles. The van der Waals surface area contributed by atoms with E-state index in [0.29, 0.717) is 11.8 Å². The average molecular weight is 478 g/mol. The average Bonchev–Trinajstić information content (AvgIpc) is 2.73. The Bertz CT molecular complexity index is 1300. The van der Waals surface area contributed by atoms with Crippen LogP contribution in [-0.2, 0) is 21.2 Å². The van der Waals surface area contributed by atoms with Crippen LogP contribution < -0.4 is 15.1 Å². The Morgan fingerprint density at radius 2 is 1.84 bits per heavy atom. The van der Waals surface area contributed by atoms with Crippen LogP contribution in [0.3, 0.4) is 0 Å². The smallest absolute Gasteiger partial charge is 0.336 e. The Morgan fingerprint density at radius 1 is 1.16 bits per heavy atom. The summed E-state index contributed by atoms with van der Waals surface area (Å²) in [6, 6.07) is 9.50. The second kappa shape index (κ2) is 9.85. The van der Waals surface area contributed by atoms with Crippen LogP contribution in [0.25, 0.3) is 11.0 Å². The lowest BCUT2D eigenvalue weighted by Crippen LogP contribution is -2.42. The summed E-state index contributed by atoms with van der Waals surface area (Å²) < 4.78 is 38.3. The number of fused-ring (bicyclic) bond motifs is 1. The minimum atomic E-state index is -3.93. The van der Waals surface area contributed by atoms with Gasteiger partial charge in [0.25, 0.3) is 0 Å². The Labute approximate surface area is 191 Å². The molecule has 0 aliphatic heterocycles. The lowest BCUT2D eigenvalue weighted by molar-refractivity contribution is -0.136. The molecule has 7 nitrogen and oxygen atoms in total. The van der Waals surface area contributed by atoms with Gasteiger partial charge in [0, 0.05) is 17.5 Å². The van der Waals surface area contributed by atoms with E-state index in [9.17, 15) is 18.0 Å². The minimum absolute atomic E-state index is 0.0195. The molecule has 9 heteroatoms. The maximum atomic E-state index is 12.7. The van der Waals surface area contributed by atoms with Gasteiger partial charge in [-0.05, 0) is 43.5 Å². The molecule has 1 atom stereocenters. The second-order valence-corrected chi connectivity index (χ2v) is 9.56. The number of hydrogen-bond acceptors (Lipinski definition) is 6. The molecule has 0 aliphatic rings. The number of carbonyl (C=O) groups excluding carboxylic acids is 1. The predicted octanol–water partition coefficient (Wildman–Crippen LogP) is 4.37. The van der Waals surface area contributed by atoms with Gasteiger partial charge in [0.05, 0.1) is 9.92 Å². The summed E-state index contributed by atoms with van der Waals surface area (Å²) in [6.07, 6.45) is 1.65. The van der Waals surface area contributed by atoms with Crippen molar-refractivity contribution in [2.75, 3.05) is 0 Å². The fourth-order valence-corrected chi connectivity index (χ4v) is 4.70. The Balaban J connectivity index is 1.86. The first-order valence-corrected chi connectivity index (χ1v) is 12.1. The normalized spacial score (nSPS) is 12.6. The molecule has 32 heavy (non-hydrogen) atoms. The molecule has 0 saturated carbocycles. The van der Waals surface area contributed by atoms with E-state index in [1.54, 1.807) is 25.1 Å². The van der Waals surface area contributed by atoms with Gasteiger partial charge in [-0.15, -0.1) is 0 Å². The number of halogens is 1. The molecule has 3 aromatic rings. The third kappa shape index (κ3) is 5.38. The third-order valence-electron chi connectivity index (χ3n) is 4.93. The van der Waals surface area contributed by atoms with Crippen LogP contribution in [0, 0.1) is 6.92 Å². The van der Waals surface area contributed by atoms with E-state index in [1.165, 1.54) is 24.3 Å². The van der Waals surface area contributed by atoms with Crippen molar-refractivity contribution in [3.63, 3.8) is 0 Å². The van der Waals surface area contributed by atoms with Gasteiger partial charge in [0.2, 0.25) is 10.0 Å². The highest BCUT2D eigenvalue weighted by Gasteiger charge is 2.27. The zero-order valence-corrected chi connectivity index (χ0v) is 19.5. The number of ether oxygens (including phenoxy) is 1. The van der Waals surface area contributed by atoms with Gasteiger partial charge in [-0.2, -0.15) is 4.72 Å². The highest BCUT2D eigenvalue weighted by atomic mass is 35.5. The third-order valence-corrected chi connectivity index (χ3v) is 6.72. The van der Waals surface area contributed by atoms with E-state index in [-0.39, 0.29) is 27.7 Å². The van der Waals surface area contributed by atoms with E-state index in [0.717, 1.165) is 17.5 Å². The van der Waals surface area contributed by atoms with Gasteiger partial charge >= 0.3 is 11.6 Å². The molecule has 2 aromatic carbocycles. The second-order valence-electron chi connectivity index (χ2n) is 7.44. The van der Waals surface area contributed by atoms with Crippen molar-refractivity contribution in [2.24, 2.45) is 0 Å². The zero-order chi connectivity index (χ0) is 23.5. The van der Waals surface area contributed by atoms with Gasteiger partial charge < -0.3 is 9.15 Å². The van der Waals surface area contributed by atoms with Crippen LogP contribution >= 0.6 is 11.6 Å². The topological polar surface area (TPSA) is 103 Å². The number of hydrogen-bond donors (Lipinski definition) is 1. The van der Waals surface area contributed by atoms with Gasteiger partial charge in [-0.3, -0.25) is 0 Å². The highest BCUT2D eigenvalue weighted by molar-refractivity contribution is 7.89. The van der Waals surface area contributed by atoms with Gasteiger partial charge in [0.1, 0.15) is 11.6 Å². The number of benzene rings is 2. The van der Waals surface area contributed by atoms with E-state index in [2.05, 4.69) is 4.72 Å². The van der Waals surface area contributed by atoms with Crippen molar-refractivity contribution in [1.82, 2.24) is 4.72 Å². The van der Waals surface area contributed by atoms with Crippen LogP contribution in [0.15, 0.2) is 56.6 Å². The van der Waals surface area contributed by atoms with Crippen molar-refractivity contribution in [3.05, 3.63) is 69.0 Å². The lowest BCUT2D eigenvalue weighted by Gasteiger charge is -2.17. The minimum Gasteiger partial charge on any atom is -0.424 e. The molecule has 0 aliphatic carbocycles. The van der Waals surface area contributed by atoms with Crippen LogP contribution in [0.2, 0.25) is 5.02 Å². The maximum Gasteiger partial charge on any atom is 0.336 e. The van der Waals surface area contributed by atoms with E-state index >= 15 is 0 Å². The first kappa shape index (κ1) is 24.0. The Hall–Kier alpha value is -2.68. The molecular weight excluding hydrogens is 454 g/mol. The lowest BCUT2D eigenvalue weighted by atomic mass is 10.1. The summed E-state index contributed by atoms with van der Waals surface area (Å²) in [5, 5.41) is 0.802. The molecule has 0 saturated heterocycles. The molecule has 170 valence electrons. The number of rotatable bonds is 8. The zero-order valence-electron chi connectivity index (χ0n) is 18.0. The van der Waals surface area contributed by atoms with Gasteiger partial charge in [-0.1, -0.05) is 49.6 Å². The van der Waals surface area contributed by atoms with Crippen molar-refractivity contribution in [2.45, 2.75) is 51.0 Å². The molecule has 0 spiro atoms. The quantitative estimate of drug-likeness (QED) is 0.293. The van der Waals surface area contributed by atoms with Crippen molar-refractivity contribution in [1.29, 1.82) is 0 Å². The Kier molecular flexibility index (Phi) is 7.38. The Morgan fingerprint density at radius 3 is 2.47 bits per heavy atom. The van der Waals surface area contributed by atoms with Crippen LogP contribution in [0.4, 0.5) is 0 Å². The number of aryl methyl sites for hydroxylation is 2. The molecule has 0 unspecified atom stereocenters. The first-order chi connectivity index (χ1) is 15.1. The molecule has 0 bridgehead atoms. The van der Waals surface area contributed by atoms with Gasteiger partial charge in [0.15, 0.2) is 5.75 Å². The number of carbonyl (C=O) groups is 1. The van der Waals surface area contributed by atoms with E-state index in [4.69, 9.17) is 20.8 Å². The van der Waals surface area contributed by atoms with Crippen molar-refractivity contribution >= 4 is 38.6 Å². The summed E-state index contributed by atoms with van der Waals surface area (Å²) in [6.45, 7) is 5.49. The first-order valence-electron chi connectivity index (χ1n) is 10.2. The highest BCUT2D eigenvalue weighted by Crippen LogP contribution is 2.32. The van der Waals surface area contributed by atoms with Crippen LogP contribution in [0.1, 0.15) is 37.8 Å². The summed E-state index contributed by atoms with van der Waals surface area (Å²) in [4.78, 5) is 24.7. The van der Waals surface area contributed by atoms with Gasteiger partial charge in [-0.25, -0.2) is 18.0 Å². The van der Waals surface area contributed by atoms with E-state index in [1.807, 2.05) is 13.8 Å². The van der Waals surface area contributed by atoms with Crippen LogP contribution in [-0.4, -0.2) is 20.4 Å². The molecule has 3 rings (SSSR count). The molecular formula is C23H24ClNO6S. The predicted molar refractivity (Wildman–Crippen MR) is 123 cm³/mol. The summed E-state index contributed by atoms with van der Waals surface area (Å²) >= 11 is 6.32. The monoisotopic (exact) mass is 477 g/mol. The molecule has 0 radical (unpaired) electrons. The van der Waals surface area contributed by atoms with Crippen molar-refractivity contribution in [3.8, 4) is 5.75 Å². The van der Waals surface area contributed by atoms with Crippen molar-refractivity contribution < 1.29 is 22.4 Å². The summed E-state index contributed by atoms with van der Waals surface area (Å²) in [5.74, 6) is -0.842. The summed E-state index contributed by atoms with van der Waals surface area (Å²) in [7, 11) is -3.93. The molecule has 1 N–H and O–H groups in total.